The maximum atomic E-state index is 11.3. The largest absolute Gasteiger partial charge is 0.469 e. The molecule has 1 saturated heterocycles. The van der Waals surface area contributed by atoms with Crippen LogP contribution in [0.15, 0.2) is 0 Å². The van der Waals surface area contributed by atoms with Crippen molar-refractivity contribution in [3.05, 3.63) is 0 Å². The Hall–Kier alpha value is -0.570. The number of hydrogen-bond acceptors (Lipinski definition) is 3. The van der Waals surface area contributed by atoms with E-state index in [1.54, 1.807) is 0 Å². The molecule has 1 fully saturated rings. The van der Waals surface area contributed by atoms with Crippen LogP contribution in [0.3, 0.4) is 0 Å². The maximum absolute atomic E-state index is 11.3. The van der Waals surface area contributed by atoms with E-state index in [0.717, 1.165) is 0 Å². The van der Waals surface area contributed by atoms with Gasteiger partial charge in [0.15, 0.2) is 0 Å². The molecular formula is C9H16O3. The Kier molecular flexibility index (Phi) is 1.95. The van der Waals surface area contributed by atoms with Gasteiger partial charge in [-0.15, -0.1) is 0 Å². The summed E-state index contributed by atoms with van der Waals surface area (Å²) in [5.41, 5.74) is -0.757. The molecule has 1 rings (SSSR count). The second-order valence-electron chi connectivity index (χ2n) is 4.27. The average Bonchev–Trinajstić information content (AvgIpc) is 1.82. The predicted octanol–water partition coefficient (Wildman–Crippen LogP) is 1.36. The van der Waals surface area contributed by atoms with Gasteiger partial charge in [-0.05, 0) is 27.7 Å². The Morgan fingerprint density at radius 1 is 1.25 bits per heavy atom. The van der Waals surface area contributed by atoms with Crippen LogP contribution in [0.1, 0.15) is 27.7 Å². The number of methoxy groups -OCH3 is 1. The zero-order chi connectivity index (χ0) is 9.57. The maximum Gasteiger partial charge on any atom is 0.314 e. The summed E-state index contributed by atoms with van der Waals surface area (Å²) in [5.74, 6) is -0.341. The Bertz CT molecular complexity index is 192. The lowest BCUT2D eigenvalue weighted by atomic mass is 9.72. The van der Waals surface area contributed by atoms with Crippen molar-refractivity contribution in [1.29, 1.82) is 0 Å². The number of rotatable bonds is 1. The summed E-state index contributed by atoms with van der Waals surface area (Å²) >= 11 is 0. The van der Waals surface area contributed by atoms with Crippen LogP contribution in [0.25, 0.3) is 0 Å². The van der Waals surface area contributed by atoms with Gasteiger partial charge in [-0.3, -0.25) is 4.79 Å². The third-order valence-electron chi connectivity index (χ3n) is 2.35. The Labute approximate surface area is 73.0 Å². The van der Waals surface area contributed by atoms with Crippen molar-refractivity contribution in [3.63, 3.8) is 0 Å². The number of carbonyl (C=O) groups is 1. The van der Waals surface area contributed by atoms with Gasteiger partial charge in [0.25, 0.3) is 0 Å². The fourth-order valence-electron chi connectivity index (χ4n) is 2.26. The van der Waals surface area contributed by atoms with E-state index >= 15 is 0 Å². The molecule has 0 aromatic rings. The average molecular weight is 172 g/mol. The van der Waals surface area contributed by atoms with Crippen LogP contribution in [0, 0.1) is 5.92 Å². The highest BCUT2D eigenvalue weighted by Gasteiger charge is 2.59. The zero-order valence-corrected chi connectivity index (χ0v) is 8.30. The van der Waals surface area contributed by atoms with Crippen molar-refractivity contribution >= 4 is 5.97 Å². The van der Waals surface area contributed by atoms with Gasteiger partial charge in [0.1, 0.15) is 5.92 Å². The summed E-state index contributed by atoms with van der Waals surface area (Å²) in [7, 11) is 1.41. The quantitative estimate of drug-likeness (QED) is 0.560. The molecular weight excluding hydrogens is 156 g/mol. The van der Waals surface area contributed by atoms with Crippen molar-refractivity contribution in [2.24, 2.45) is 5.92 Å². The Morgan fingerprint density at radius 3 is 1.83 bits per heavy atom. The highest BCUT2D eigenvalue weighted by Crippen LogP contribution is 2.47. The van der Waals surface area contributed by atoms with Crippen molar-refractivity contribution < 1.29 is 14.3 Å². The number of carbonyl (C=O) groups excluding carboxylic acids is 1. The Morgan fingerprint density at radius 2 is 1.67 bits per heavy atom. The lowest BCUT2D eigenvalue weighted by Crippen LogP contribution is -2.65. The first-order valence-corrected chi connectivity index (χ1v) is 4.09. The normalized spacial score (nSPS) is 26.1. The van der Waals surface area contributed by atoms with E-state index in [2.05, 4.69) is 0 Å². The summed E-state index contributed by atoms with van der Waals surface area (Å²) in [6.45, 7) is 7.61. The molecule has 70 valence electrons. The first-order chi connectivity index (χ1) is 5.31. The zero-order valence-electron chi connectivity index (χ0n) is 8.30. The molecule has 0 atom stereocenters. The molecule has 3 heteroatoms. The second kappa shape index (κ2) is 2.46. The van der Waals surface area contributed by atoms with E-state index < -0.39 is 0 Å². The van der Waals surface area contributed by atoms with Crippen molar-refractivity contribution in [1.82, 2.24) is 0 Å². The second-order valence-corrected chi connectivity index (χ2v) is 4.27. The minimum atomic E-state index is -0.378. The van der Waals surface area contributed by atoms with Crippen LogP contribution in [0.4, 0.5) is 0 Å². The van der Waals surface area contributed by atoms with Crippen molar-refractivity contribution in [2.45, 2.75) is 38.9 Å². The monoisotopic (exact) mass is 172 g/mol. The van der Waals surface area contributed by atoms with Crippen LogP contribution in [-0.4, -0.2) is 24.3 Å². The summed E-state index contributed by atoms with van der Waals surface area (Å²) in [6, 6.07) is 0. The summed E-state index contributed by atoms with van der Waals surface area (Å²) in [6.07, 6.45) is 0. The molecule has 12 heavy (non-hydrogen) atoms. The number of hydrogen-bond donors (Lipinski definition) is 0. The first-order valence-electron chi connectivity index (χ1n) is 4.09. The van der Waals surface area contributed by atoms with Crippen LogP contribution >= 0.6 is 0 Å². The van der Waals surface area contributed by atoms with Gasteiger partial charge in [0.05, 0.1) is 18.3 Å². The van der Waals surface area contributed by atoms with Gasteiger partial charge in [-0.1, -0.05) is 0 Å². The highest BCUT2D eigenvalue weighted by molar-refractivity contribution is 5.76. The molecule has 0 spiro atoms. The third-order valence-corrected chi connectivity index (χ3v) is 2.35. The fourth-order valence-corrected chi connectivity index (χ4v) is 2.26. The first kappa shape index (κ1) is 9.52. The molecule has 0 aromatic carbocycles. The van der Waals surface area contributed by atoms with E-state index in [0.29, 0.717) is 0 Å². The van der Waals surface area contributed by atoms with Crippen LogP contribution in [-0.2, 0) is 14.3 Å². The summed E-state index contributed by atoms with van der Waals surface area (Å²) in [4.78, 5) is 11.3. The molecule has 0 N–H and O–H groups in total. The van der Waals surface area contributed by atoms with Crippen LogP contribution in [0.5, 0.6) is 0 Å². The van der Waals surface area contributed by atoms with Gasteiger partial charge in [-0.2, -0.15) is 0 Å². The molecule has 0 saturated carbocycles. The molecule has 1 aliphatic rings. The van der Waals surface area contributed by atoms with Crippen molar-refractivity contribution in [2.75, 3.05) is 7.11 Å². The van der Waals surface area contributed by atoms with Gasteiger partial charge >= 0.3 is 5.97 Å². The predicted molar refractivity (Wildman–Crippen MR) is 44.7 cm³/mol. The van der Waals surface area contributed by atoms with E-state index in [1.165, 1.54) is 7.11 Å². The van der Waals surface area contributed by atoms with Crippen LogP contribution in [0.2, 0.25) is 0 Å². The molecule has 3 nitrogen and oxygen atoms in total. The minimum Gasteiger partial charge on any atom is -0.469 e. The van der Waals surface area contributed by atoms with Gasteiger partial charge < -0.3 is 9.47 Å². The standard InChI is InChI=1S/C9H16O3/c1-8(2)6(7(10)11-5)9(3,4)12-8/h6H,1-5H3. The molecule has 0 unspecified atom stereocenters. The van der Waals surface area contributed by atoms with E-state index in [4.69, 9.17) is 9.47 Å². The molecule has 0 aromatic heterocycles. The number of ether oxygens (including phenoxy) is 2. The fraction of sp³-hybridized carbons (Fsp3) is 0.889. The lowest BCUT2D eigenvalue weighted by Gasteiger charge is -2.55. The SMILES string of the molecule is COC(=O)C1C(C)(C)OC1(C)C. The smallest absolute Gasteiger partial charge is 0.314 e. The number of esters is 1. The van der Waals surface area contributed by atoms with E-state index in [-0.39, 0.29) is 23.1 Å². The van der Waals surface area contributed by atoms with Crippen molar-refractivity contribution in [3.8, 4) is 0 Å². The Balaban J connectivity index is 2.79. The lowest BCUT2D eigenvalue weighted by molar-refractivity contribution is -0.289. The van der Waals surface area contributed by atoms with Crippen LogP contribution < -0.4 is 0 Å². The highest BCUT2D eigenvalue weighted by atomic mass is 16.6. The van der Waals surface area contributed by atoms with Gasteiger partial charge in [-0.25, -0.2) is 0 Å². The summed E-state index contributed by atoms with van der Waals surface area (Å²) in [5, 5.41) is 0. The molecule has 0 amide bonds. The topological polar surface area (TPSA) is 35.5 Å². The van der Waals surface area contributed by atoms with Gasteiger partial charge in [0, 0.05) is 0 Å². The molecule has 1 aliphatic heterocycles. The van der Waals surface area contributed by atoms with Gasteiger partial charge in [0.2, 0.25) is 0 Å². The molecule has 0 radical (unpaired) electrons. The van der Waals surface area contributed by atoms with E-state index in [1.807, 2.05) is 27.7 Å². The molecule has 1 heterocycles. The third kappa shape index (κ3) is 1.22. The van der Waals surface area contributed by atoms with E-state index in [9.17, 15) is 4.79 Å². The molecule has 0 bridgehead atoms. The summed E-state index contributed by atoms with van der Waals surface area (Å²) < 4.78 is 10.3. The molecule has 0 aliphatic carbocycles. The minimum absolute atomic E-state index is 0.157.